The average molecular weight is 418 g/mol. The topological polar surface area (TPSA) is 99.5 Å². The van der Waals surface area contributed by atoms with E-state index in [1.807, 2.05) is 13.1 Å². The van der Waals surface area contributed by atoms with Crippen molar-refractivity contribution in [2.24, 2.45) is 0 Å². The highest BCUT2D eigenvalue weighted by Crippen LogP contribution is 2.22. The van der Waals surface area contributed by atoms with E-state index in [-0.39, 0.29) is 17.4 Å². The first kappa shape index (κ1) is 22.8. The molecule has 0 bridgehead atoms. The van der Waals surface area contributed by atoms with Crippen molar-refractivity contribution in [3.8, 4) is 6.07 Å². The maximum Gasteiger partial charge on any atom is 0.316 e. The number of hydrogen-bond acceptors (Lipinski definition) is 6. The number of carbonyl (C=O) groups excluding carboxylic acids is 3. The third-order valence-corrected chi connectivity index (χ3v) is 5.83. The number of carbonyl (C=O) groups is 3. The molecule has 1 aromatic rings. The minimum absolute atomic E-state index is 0.00332. The lowest BCUT2D eigenvalue weighted by Gasteiger charge is -2.31. The van der Waals surface area contributed by atoms with Gasteiger partial charge in [-0.05, 0) is 31.9 Å². The molecule has 0 aromatic heterocycles. The van der Waals surface area contributed by atoms with Crippen molar-refractivity contribution in [3.05, 3.63) is 29.8 Å². The van der Waals surface area contributed by atoms with Gasteiger partial charge in [0.05, 0.1) is 22.8 Å². The highest BCUT2D eigenvalue weighted by Gasteiger charge is 2.23. The Morgan fingerprint density at radius 1 is 1.24 bits per heavy atom. The van der Waals surface area contributed by atoms with Crippen molar-refractivity contribution in [2.75, 3.05) is 23.9 Å². The Kier molecular flexibility index (Phi) is 9.00. The van der Waals surface area contributed by atoms with E-state index in [0.29, 0.717) is 17.3 Å². The molecule has 156 valence electrons. The first-order chi connectivity index (χ1) is 13.9. The Hall–Kier alpha value is -2.53. The van der Waals surface area contributed by atoms with Crippen LogP contribution in [0.1, 0.15) is 44.6 Å². The zero-order chi connectivity index (χ0) is 21.2. The van der Waals surface area contributed by atoms with Crippen LogP contribution in [-0.4, -0.2) is 53.4 Å². The van der Waals surface area contributed by atoms with Crippen LogP contribution >= 0.6 is 11.8 Å². The molecular weight excluding hydrogens is 390 g/mol. The number of rotatable bonds is 8. The predicted octanol–water partition coefficient (Wildman–Crippen LogP) is 2.95. The first-order valence-corrected chi connectivity index (χ1v) is 10.9. The summed E-state index contributed by atoms with van der Waals surface area (Å²) in [5, 5.41) is 11.6. The number of amides is 2. The van der Waals surface area contributed by atoms with Crippen molar-refractivity contribution < 1.29 is 19.1 Å². The summed E-state index contributed by atoms with van der Waals surface area (Å²) in [7, 11) is 1.82. The van der Waals surface area contributed by atoms with Gasteiger partial charge in [0.1, 0.15) is 6.07 Å². The Balaban J connectivity index is 1.72. The molecule has 1 aliphatic carbocycles. The minimum atomic E-state index is -1.00. The van der Waals surface area contributed by atoms with Gasteiger partial charge in [-0.3, -0.25) is 14.4 Å². The second-order valence-corrected chi connectivity index (χ2v) is 8.05. The fourth-order valence-electron chi connectivity index (χ4n) is 3.20. The van der Waals surface area contributed by atoms with Crippen LogP contribution in [0.4, 0.5) is 5.69 Å². The largest absolute Gasteiger partial charge is 0.452 e. The molecule has 0 heterocycles. The lowest BCUT2D eigenvalue weighted by Crippen LogP contribution is -2.39. The lowest BCUT2D eigenvalue weighted by atomic mass is 9.94. The van der Waals surface area contributed by atoms with E-state index in [1.165, 1.54) is 25.1 Å². The van der Waals surface area contributed by atoms with E-state index >= 15 is 0 Å². The van der Waals surface area contributed by atoms with Crippen LogP contribution in [0.5, 0.6) is 0 Å². The van der Waals surface area contributed by atoms with Crippen LogP contribution < -0.4 is 5.32 Å². The second kappa shape index (κ2) is 11.5. The molecule has 0 unspecified atom stereocenters. The van der Waals surface area contributed by atoms with Crippen LogP contribution in [0.2, 0.25) is 0 Å². The summed E-state index contributed by atoms with van der Waals surface area (Å²) in [5.74, 6) is -0.860. The molecule has 1 fully saturated rings. The zero-order valence-corrected chi connectivity index (χ0v) is 17.7. The van der Waals surface area contributed by atoms with Crippen LogP contribution in [0.15, 0.2) is 24.3 Å². The van der Waals surface area contributed by atoms with Gasteiger partial charge < -0.3 is 15.0 Å². The standard InChI is InChI=1S/C21H27N3O4S/c1-15(21(27)23-18-11-7-6-8-16(18)12-22)28-20(26)14-29-13-19(25)24(2)17-9-4-3-5-10-17/h6-8,11,15,17H,3-5,9-10,13-14H2,1-2H3,(H,23,27)/t15-/m0/s1. The SMILES string of the molecule is C[C@H](OC(=O)CSCC(=O)N(C)C1CCCCC1)C(=O)Nc1ccccc1C#N. The number of nitrogens with zero attached hydrogens (tertiary/aromatic N) is 2. The van der Waals surface area contributed by atoms with Crippen LogP contribution in [0.3, 0.4) is 0 Å². The molecule has 29 heavy (non-hydrogen) atoms. The summed E-state index contributed by atoms with van der Waals surface area (Å²) in [6, 6.07) is 8.88. The fraction of sp³-hybridized carbons (Fsp3) is 0.524. The number of thioether (sulfide) groups is 1. The van der Waals surface area contributed by atoms with Crippen LogP contribution in [0.25, 0.3) is 0 Å². The molecule has 7 nitrogen and oxygen atoms in total. The van der Waals surface area contributed by atoms with Gasteiger partial charge in [0.25, 0.3) is 5.91 Å². The highest BCUT2D eigenvalue weighted by atomic mass is 32.2. The number of hydrogen-bond donors (Lipinski definition) is 1. The highest BCUT2D eigenvalue weighted by molar-refractivity contribution is 8.00. The zero-order valence-electron chi connectivity index (χ0n) is 16.8. The Morgan fingerprint density at radius 3 is 2.62 bits per heavy atom. The molecule has 2 rings (SSSR count). The number of esters is 1. The van der Waals surface area contributed by atoms with E-state index in [1.54, 1.807) is 29.2 Å². The maximum absolute atomic E-state index is 12.3. The molecule has 1 saturated carbocycles. The van der Waals surface area contributed by atoms with Gasteiger partial charge in [-0.25, -0.2) is 0 Å². The first-order valence-electron chi connectivity index (χ1n) is 9.75. The fourth-order valence-corrected chi connectivity index (χ4v) is 3.92. The normalized spacial score (nSPS) is 15.1. The van der Waals surface area contributed by atoms with E-state index in [2.05, 4.69) is 5.32 Å². The van der Waals surface area contributed by atoms with Gasteiger partial charge in [0.15, 0.2) is 6.10 Å². The molecule has 0 saturated heterocycles. The predicted molar refractivity (Wildman–Crippen MR) is 112 cm³/mol. The van der Waals surface area contributed by atoms with Gasteiger partial charge in [-0.2, -0.15) is 5.26 Å². The Bertz CT molecular complexity index is 771. The lowest BCUT2D eigenvalue weighted by molar-refractivity contribution is -0.150. The Labute approximate surface area is 175 Å². The number of benzene rings is 1. The number of nitriles is 1. The van der Waals surface area contributed by atoms with Crippen molar-refractivity contribution in [3.63, 3.8) is 0 Å². The van der Waals surface area contributed by atoms with Gasteiger partial charge in [-0.15, -0.1) is 11.8 Å². The number of anilines is 1. The summed E-state index contributed by atoms with van der Waals surface area (Å²) in [5.41, 5.74) is 0.698. The molecule has 8 heteroatoms. The van der Waals surface area contributed by atoms with E-state index < -0.39 is 18.0 Å². The monoisotopic (exact) mass is 417 g/mol. The minimum Gasteiger partial charge on any atom is -0.452 e. The van der Waals surface area contributed by atoms with E-state index in [4.69, 9.17) is 10.00 Å². The molecule has 0 radical (unpaired) electrons. The van der Waals surface area contributed by atoms with E-state index in [9.17, 15) is 14.4 Å². The smallest absolute Gasteiger partial charge is 0.316 e. The third-order valence-electron chi connectivity index (χ3n) is 4.94. The summed E-state index contributed by atoms with van der Waals surface area (Å²) in [6.07, 6.45) is 4.61. The molecule has 1 aliphatic rings. The maximum atomic E-state index is 12.3. The van der Waals surface area contributed by atoms with Gasteiger partial charge in [0.2, 0.25) is 5.91 Å². The van der Waals surface area contributed by atoms with Gasteiger partial charge >= 0.3 is 5.97 Å². The summed E-state index contributed by atoms with van der Waals surface area (Å²) in [6.45, 7) is 1.47. The third kappa shape index (κ3) is 7.09. The molecule has 1 atom stereocenters. The molecule has 1 N–H and O–H groups in total. The second-order valence-electron chi connectivity index (χ2n) is 7.07. The quantitative estimate of drug-likeness (QED) is 0.653. The van der Waals surface area contributed by atoms with E-state index in [0.717, 1.165) is 25.7 Å². The van der Waals surface area contributed by atoms with Crippen molar-refractivity contribution in [1.29, 1.82) is 5.26 Å². The van der Waals surface area contributed by atoms with Crippen molar-refractivity contribution in [2.45, 2.75) is 51.2 Å². The molecule has 0 aliphatic heterocycles. The summed E-state index contributed by atoms with van der Waals surface area (Å²) < 4.78 is 5.14. The number of ether oxygens (including phenoxy) is 1. The van der Waals surface area contributed by atoms with Gasteiger partial charge in [-0.1, -0.05) is 31.4 Å². The summed E-state index contributed by atoms with van der Waals surface area (Å²) in [4.78, 5) is 38.3. The number of para-hydroxylation sites is 1. The molecular formula is C21H27N3O4S. The van der Waals surface area contributed by atoms with Crippen molar-refractivity contribution in [1.82, 2.24) is 4.90 Å². The Morgan fingerprint density at radius 2 is 1.93 bits per heavy atom. The van der Waals surface area contributed by atoms with Crippen LogP contribution in [0, 0.1) is 11.3 Å². The molecule has 0 spiro atoms. The summed E-state index contributed by atoms with van der Waals surface area (Å²) >= 11 is 1.19. The number of nitrogens with one attached hydrogen (secondary N) is 1. The van der Waals surface area contributed by atoms with Gasteiger partial charge in [0, 0.05) is 13.1 Å². The average Bonchev–Trinajstić information content (AvgIpc) is 2.74. The van der Waals surface area contributed by atoms with Crippen LogP contribution in [-0.2, 0) is 19.1 Å². The van der Waals surface area contributed by atoms with Crippen molar-refractivity contribution >= 4 is 35.2 Å². The molecule has 2 amide bonds. The molecule has 1 aromatic carbocycles.